The van der Waals surface area contributed by atoms with Crippen molar-refractivity contribution in [2.45, 2.75) is 13.8 Å². The third-order valence-corrected chi connectivity index (χ3v) is 3.76. The maximum atomic E-state index is 12.4. The molecule has 0 atom stereocenters. The molecule has 1 N–H and O–H groups in total. The summed E-state index contributed by atoms with van der Waals surface area (Å²) in [4.78, 5) is 36.2. The molecule has 0 saturated heterocycles. The largest absolute Gasteiger partial charge is 0.462 e. The molecule has 0 radical (unpaired) electrons. The molecule has 6 nitrogen and oxygen atoms in total. The Morgan fingerprint density at radius 1 is 1.08 bits per heavy atom. The number of hydrogen-bond acceptors (Lipinski definition) is 5. The molecule has 6 heteroatoms. The van der Waals surface area contributed by atoms with Crippen LogP contribution < -0.4 is 10.7 Å². The van der Waals surface area contributed by atoms with Crippen LogP contribution >= 0.6 is 0 Å². The standard InChI is InChI=1S/C20H17NO5/c1-3-25-20(24)13-5-7-14(8-6-13)21-19(23)18-11-16(22)15-9-4-12(2)10-17(15)26-18/h4-11H,3H2,1-2H3,(H,21,23). The van der Waals surface area contributed by atoms with Crippen LogP contribution in [0.15, 0.2) is 57.7 Å². The number of ether oxygens (including phenoxy) is 1. The average Bonchev–Trinajstić information content (AvgIpc) is 2.62. The Bertz CT molecular complexity index is 1030. The third-order valence-electron chi connectivity index (χ3n) is 3.76. The maximum absolute atomic E-state index is 12.4. The van der Waals surface area contributed by atoms with E-state index in [1.807, 2.05) is 13.0 Å². The molecule has 0 unspecified atom stereocenters. The van der Waals surface area contributed by atoms with Crippen molar-refractivity contribution in [2.75, 3.05) is 11.9 Å². The van der Waals surface area contributed by atoms with Gasteiger partial charge in [0.05, 0.1) is 17.6 Å². The Morgan fingerprint density at radius 2 is 1.81 bits per heavy atom. The number of aryl methyl sites for hydroxylation is 1. The summed E-state index contributed by atoms with van der Waals surface area (Å²) in [6, 6.07) is 12.6. The molecular weight excluding hydrogens is 334 g/mol. The Kier molecular flexibility index (Phi) is 4.84. The molecule has 1 aromatic heterocycles. The summed E-state index contributed by atoms with van der Waals surface area (Å²) in [5.74, 6) is -1.06. The summed E-state index contributed by atoms with van der Waals surface area (Å²) < 4.78 is 10.5. The molecule has 0 spiro atoms. The lowest BCUT2D eigenvalue weighted by Crippen LogP contribution is -2.15. The predicted molar refractivity (Wildman–Crippen MR) is 97.6 cm³/mol. The lowest BCUT2D eigenvalue weighted by atomic mass is 10.1. The summed E-state index contributed by atoms with van der Waals surface area (Å²) in [6.45, 7) is 3.89. The second kappa shape index (κ2) is 7.23. The van der Waals surface area contributed by atoms with Crippen molar-refractivity contribution in [2.24, 2.45) is 0 Å². The van der Waals surface area contributed by atoms with Gasteiger partial charge in [0.1, 0.15) is 5.58 Å². The first-order chi connectivity index (χ1) is 12.5. The number of benzene rings is 2. The van der Waals surface area contributed by atoms with Crippen LogP contribution in [0.25, 0.3) is 11.0 Å². The molecule has 0 aliphatic carbocycles. The van der Waals surface area contributed by atoms with Crippen LogP contribution in [-0.4, -0.2) is 18.5 Å². The minimum absolute atomic E-state index is 0.0810. The molecule has 0 aliphatic heterocycles. The van der Waals surface area contributed by atoms with Crippen molar-refractivity contribution in [1.29, 1.82) is 0 Å². The SMILES string of the molecule is CCOC(=O)c1ccc(NC(=O)c2cc(=O)c3ccc(C)cc3o2)cc1. The molecular formula is C20H17NO5. The Balaban J connectivity index is 1.83. The molecule has 3 rings (SSSR count). The van der Waals surface area contributed by atoms with Gasteiger partial charge in [-0.2, -0.15) is 0 Å². The van der Waals surface area contributed by atoms with Gasteiger partial charge in [-0.25, -0.2) is 4.79 Å². The maximum Gasteiger partial charge on any atom is 0.338 e. The van der Waals surface area contributed by atoms with Gasteiger partial charge in [-0.15, -0.1) is 0 Å². The van der Waals surface area contributed by atoms with Crippen molar-refractivity contribution in [3.63, 3.8) is 0 Å². The number of amides is 1. The van der Waals surface area contributed by atoms with E-state index in [9.17, 15) is 14.4 Å². The number of anilines is 1. The monoisotopic (exact) mass is 351 g/mol. The number of esters is 1. The highest BCUT2D eigenvalue weighted by Gasteiger charge is 2.13. The van der Waals surface area contributed by atoms with Crippen molar-refractivity contribution in [3.8, 4) is 0 Å². The van der Waals surface area contributed by atoms with Crippen LogP contribution in [0, 0.1) is 6.92 Å². The fourth-order valence-corrected chi connectivity index (χ4v) is 2.47. The van der Waals surface area contributed by atoms with E-state index in [0.29, 0.717) is 22.2 Å². The van der Waals surface area contributed by atoms with Crippen LogP contribution in [0.2, 0.25) is 0 Å². The predicted octanol–water partition coefficient (Wildman–Crippen LogP) is 3.53. The van der Waals surface area contributed by atoms with Gasteiger partial charge >= 0.3 is 5.97 Å². The highest BCUT2D eigenvalue weighted by molar-refractivity contribution is 6.03. The zero-order valence-electron chi connectivity index (χ0n) is 14.4. The fourth-order valence-electron chi connectivity index (χ4n) is 2.47. The zero-order valence-corrected chi connectivity index (χ0v) is 14.4. The highest BCUT2D eigenvalue weighted by Crippen LogP contribution is 2.16. The van der Waals surface area contributed by atoms with Crippen LogP contribution in [0.5, 0.6) is 0 Å². The van der Waals surface area contributed by atoms with Crippen LogP contribution in [0.3, 0.4) is 0 Å². The summed E-state index contributed by atoms with van der Waals surface area (Å²) in [7, 11) is 0. The number of rotatable bonds is 4. The van der Waals surface area contributed by atoms with Gasteiger partial charge in [-0.3, -0.25) is 9.59 Å². The van der Waals surface area contributed by atoms with Crippen molar-refractivity contribution < 1.29 is 18.7 Å². The van der Waals surface area contributed by atoms with Gasteiger partial charge in [-0.1, -0.05) is 6.07 Å². The van der Waals surface area contributed by atoms with Gasteiger partial charge in [0.2, 0.25) is 0 Å². The summed E-state index contributed by atoms with van der Waals surface area (Å²) in [5.41, 5.74) is 1.86. The summed E-state index contributed by atoms with van der Waals surface area (Å²) in [6.07, 6.45) is 0. The minimum atomic E-state index is -0.547. The lowest BCUT2D eigenvalue weighted by Gasteiger charge is -2.07. The van der Waals surface area contributed by atoms with Gasteiger partial charge in [0.15, 0.2) is 11.2 Å². The molecule has 0 aliphatic rings. The molecule has 0 saturated carbocycles. The first-order valence-electron chi connectivity index (χ1n) is 8.11. The van der Waals surface area contributed by atoms with Gasteiger partial charge < -0.3 is 14.5 Å². The van der Waals surface area contributed by atoms with Gasteiger partial charge in [0, 0.05) is 11.8 Å². The Labute approximate surface area is 149 Å². The number of hydrogen-bond donors (Lipinski definition) is 1. The van der Waals surface area contributed by atoms with Crippen molar-refractivity contribution in [3.05, 3.63) is 75.6 Å². The topological polar surface area (TPSA) is 85.6 Å². The minimum Gasteiger partial charge on any atom is -0.462 e. The number of carbonyl (C=O) groups is 2. The summed E-state index contributed by atoms with van der Waals surface area (Å²) >= 11 is 0. The number of carbonyl (C=O) groups excluding carboxylic acids is 2. The Hall–Kier alpha value is -3.41. The van der Waals surface area contributed by atoms with Gasteiger partial charge in [0.25, 0.3) is 5.91 Å². The zero-order chi connectivity index (χ0) is 18.7. The van der Waals surface area contributed by atoms with E-state index in [4.69, 9.17) is 9.15 Å². The van der Waals surface area contributed by atoms with E-state index in [1.165, 1.54) is 6.07 Å². The average molecular weight is 351 g/mol. The lowest BCUT2D eigenvalue weighted by molar-refractivity contribution is 0.0526. The number of nitrogens with one attached hydrogen (secondary N) is 1. The first kappa shape index (κ1) is 17.4. The molecule has 1 amide bonds. The van der Waals surface area contributed by atoms with Gasteiger partial charge in [-0.05, 0) is 55.8 Å². The number of fused-ring (bicyclic) bond motifs is 1. The molecule has 3 aromatic rings. The van der Waals surface area contributed by atoms with E-state index in [-0.39, 0.29) is 17.8 Å². The quantitative estimate of drug-likeness (QED) is 0.727. The second-order valence-electron chi connectivity index (χ2n) is 5.73. The van der Waals surface area contributed by atoms with Crippen molar-refractivity contribution in [1.82, 2.24) is 0 Å². The van der Waals surface area contributed by atoms with E-state index < -0.39 is 11.9 Å². The fraction of sp³-hybridized carbons (Fsp3) is 0.150. The molecule has 1 heterocycles. The summed E-state index contributed by atoms with van der Waals surface area (Å²) in [5, 5.41) is 3.06. The third kappa shape index (κ3) is 3.64. The normalized spacial score (nSPS) is 10.5. The second-order valence-corrected chi connectivity index (χ2v) is 5.73. The molecule has 132 valence electrons. The molecule has 0 bridgehead atoms. The van der Waals surface area contributed by atoms with Crippen LogP contribution in [0.4, 0.5) is 5.69 Å². The van der Waals surface area contributed by atoms with Crippen LogP contribution in [-0.2, 0) is 4.74 Å². The van der Waals surface area contributed by atoms with Crippen LogP contribution in [0.1, 0.15) is 33.4 Å². The van der Waals surface area contributed by atoms with E-state index in [0.717, 1.165) is 5.56 Å². The smallest absolute Gasteiger partial charge is 0.338 e. The molecule has 0 fully saturated rings. The Morgan fingerprint density at radius 3 is 2.50 bits per heavy atom. The molecule has 2 aromatic carbocycles. The van der Waals surface area contributed by atoms with Crippen molar-refractivity contribution >= 4 is 28.5 Å². The molecule has 26 heavy (non-hydrogen) atoms. The highest BCUT2D eigenvalue weighted by atomic mass is 16.5. The van der Waals surface area contributed by atoms with E-state index in [2.05, 4.69) is 5.32 Å². The first-order valence-corrected chi connectivity index (χ1v) is 8.11. The van der Waals surface area contributed by atoms with E-state index in [1.54, 1.807) is 43.3 Å². The van der Waals surface area contributed by atoms with E-state index >= 15 is 0 Å².